The van der Waals surface area contributed by atoms with Crippen LogP contribution in [0.25, 0.3) is 0 Å². The fraction of sp³-hybridized carbons (Fsp3) is 0.182. The summed E-state index contributed by atoms with van der Waals surface area (Å²) in [5.41, 5.74) is 4.66. The Labute approximate surface area is 171 Å². The lowest BCUT2D eigenvalue weighted by Crippen LogP contribution is -2.33. The molecule has 0 aliphatic carbocycles. The number of hydrogen-bond donors (Lipinski definition) is 2. The quantitative estimate of drug-likeness (QED) is 0.416. The predicted octanol–water partition coefficient (Wildman–Crippen LogP) is 7.10. The number of fused-ring (bicyclic) bond motifs is 1. The summed E-state index contributed by atoms with van der Waals surface area (Å²) in [4.78, 5) is 0. The largest absolute Gasteiger partial charge is 0.376 e. The SMILES string of the molecule is C[C@]1(c2ccc(Br)cc2)C[C@@H](c2ccc(Br)cc2)Nc2ccccc2N1. The molecule has 0 radical (unpaired) electrons. The lowest BCUT2D eigenvalue weighted by molar-refractivity contribution is 0.464. The fourth-order valence-corrected chi connectivity index (χ4v) is 4.15. The van der Waals surface area contributed by atoms with Gasteiger partial charge in [0.15, 0.2) is 0 Å². The molecule has 0 unspecified atom stereocenters. The average Bonchev–Trinajstić information content (AvgIpc) is 2.79. The third-order valence-corrected chi connectivity index (χ3v) is 6.09. The van der Waals surface area contributed by atoms with Crippen LogP contribution in [0.2, 0.25) is 0 Å². The van der Waals surface area contributed by atoms with Crippen LogP contribution in [0.1, 0.15) is 30.5 Å². The second-order valence-corrected chi connectivity index (χ2v) is 8.79. The number of anilines is 2. The van der Waals surface area contributed by atoms with Gasteiger partial charge in [-0.3, -0.25) is 0 Å². The molecule has 0 saturated heterocycles. The molecule has 4 heteroatoms. The second kappa shape index (κ2) is 7.09. The number of para-hydroxylation sites is 2. The van der Waals surface area contributed by atoms with Crippen LogP contribution in [0.5, 0.6) is 0 Å². The van der Waals surface area contributed by atoms with Crippen molar-refractivity contribution in [3.8, 4) is 0 Å². The smallest absolute Gasteiger partial charge is 0.0620 e. The van der Waals surface area contributed by atoms with Gasteiger partial charge >= 0.3 is 0 Å². The van der Waals surface area contributed by atoms with Crippen molar-refractivity contribution < 1.29 is 0 Å². The maximum Gasteiger partial charge on any atom is 0.0620 e. The van der Waals surface area contributed by atoms with Gasteiger partial charge in [-0.25, -0.2) is 0 Å². The van der Waals surface area contributed by atoms with Gasteiger partial charge in [-0.05, 0) is 60.9 Å². The van der Waals surface area contributed by atoms with Gasteiger partial charge in [-0.2, -0.15) is 0 Å². The molecule has 3 aromatic carbocycles. The minimum atomic E-state index is -0.182. The van der Waals surface area contributed by atoms with Crippen LogP contribution in [0.3, 0.4) is 0 Å². The van der Waals surface area contributed by atoms with Crippen LogP contribution in [0.15, 0.2) is 81.7 Å². The summed E-state index contributed by atoms with van der Waals surface area (Å²) in [6.45, 7) is 2.28. The van der Waals surface area contributed by atoms with E-state index in [9.17, 15) is 0 Å². The molecular formula is C22H20Br2N2. The Morgan fingerprint density at radius 3 is 2.04 bits per heavy atom. The van der Waals surface area contributed by atoms with Crippen LogP contribution in [0, 0.1) is 0 Å². The summed E-state index contributed by atoms with van der Waals surface area (Å²) in [5, 5.41) is 7.54. The molecule has 4 rings (SSSR count). The molecular weight excluding hydrogens is 452 g/mol. The Morgan fingerprint density at radius 2 is 1.38 bits per heavy atom. The molecule has 132 valence electrons. The van der Waals surface area contributed by atoms with Crippen LogP contribution in [-0.4, -0.2) is 0 Å². The topological polar surface area (TPSA) is 24.1 Å². The fourth-order valence-electron chi connectivity index (χ4n) is 3.62. The average molecular weight is 472 g/mol. The molecule has 2 nitrogen and oxygen atoms in total. The Kier molecular flexibility index (Phi) is 4.80. The van der Waals surface area contributed by atoms with Gasteiger partial charge in [-0.15, -0.1) is 0 Å². The molecule has 0 spiro atoms. The second-order valence-electron chi connectivity index (χ2n) is 6.96. The van der Waals surface area contributed by atoms with E-state index < -0.39 is 0 Å². The van der Waals surface area contributed by atoms with Gasteiger partial charge < -0.3 is 10.6 Å². The van der Waals surface area contributed by atoms with Crippen LogP contribution in [0.4, 0.5) is 11.4 Å². The van der Waals surface area contributed by atoms with E-state index >= 15 is 0 Å². The van der Waals surface area contributed by atoms with E-state index in [1.54, 1.807) is 0 Å². The number of halogens is 2. The minimum absolute atomic E-state index is 0.182. The van der Waals surface area contributed by atoms with Gasteiger partial charge in [0.1, 0.15) is 0 Å². The van der Waals surface area contributed by atoms with Crippen molar-refractivity contribution in [2.75, 3.05) is 10.6 Å². The normalized spacial score (nSPS) is 21.9. The zero-order chi connectivity index (χ0) is 18.1. The van der Waals surface area contributed by atoms with Gasteiger partial charge in [0.05, 0.1) is 23.0 Å². The molecule has 0 fully saturated rings. The van der Waals surface area contributed by atoms with Crippen LogP contribution in [-0.2, 0) is 5.54 Å². The van der Waals surface area contributed by atoms with Gasteiger partial charge in [0, 0.05) is 8.95 Å². The summed E-state index contributed by atoms with van der Waals surface area (Å²) < 4.78 is 2.20. The third-order valence-electron chi connectivity index (χ3n) is 5.03. The number of nitrogens with one attached hydrogen (secondary N) is 2. The Hall–Kier alpha value is -1.78. The van der Waals surface area contributed by atoms with Crippen molar-refractivity contribution in [2.45, 2.75) is 24.9 Å². The Morgan fingerprint density at radius 1 is 0.808 bits per heavy atom. The molecule has 3 aromatic rings. The molecule has 1 aliphatic heterocycles. The lowest BCUT2D eigenvalue weighted by Gasteiger charge is -2.33. The lowest BCUT2D eigenvalue weighted by atomic mass is 9.84. The zero-order valence-electron chi connectivity index (χ0n) is 14.5. The third kappa shape index (κ3) is 3.53. The summed E-state index contributed by atoms with van der Waals surface area (Å²) in [5.74, 6) is 0. The van der Waals surface area contributed by atoms with E-state index in [4.69, 9.17) is 0 Å². The van der Waals surface area contributed by atoms with Crippen molar-refractivity contribution in [2.24, 2.45) is 0 Å². The van der Waals surface area contributed by atoms with Gasteiger partial charge in [-0.1, -0.05) is 68.3 Å². The molecule has 2 N–H and O–H groups in total. The Bertz CT molecular complexity index is 906. The van der Waals surface area contributed by atoms with Gasteiger partial charge in [0.25, 0.3) is 0 Å². The summed E-state index contributed by atoms with van der Waals surface area (Å²) in [7, 11) is 0. The summed E-state index contributed by atoms with van der Waals surface area (Å²) in [6.07, 6.45) is 0.935. The molecule has 1 heterocycles. The minimum Gasteiger partial charge on any atom is -0.376 e. The van der Waals surface area contributed by atoms with E-state index in [1.165, 1.54) is 11.1 Å². The van der Waals surface area contributed by atoms with Crippen LogP contribution < -0.4 is 10.6 Å². The monoisotopic (exact) mass is 470 g/mol. The van der Waals surface area contributed by atoms with E-state index in [1.807, 2.05) is 0 Å². The highest BCUT2D eigenvalue weighted by Gasteiger charge is 2.34. The van der Waals surface area contributed by atoms with E-state index in [-0.39, 0.29) is 11.6 Å². The molecule has 26 heavy (non-hydrogen) atoms. The highest BCUT2D eigenvalue weighted by atomic mass is 79.9. The first-order valence-corrected chi connectivity index (χ1v) is 10.3. The number of rotatable bonds is 2. The van der Waals surface area contributed by atoms with Crippen molar-refractivity contribution in [1.29, 1.82) is 0 Å². The molecule has 0 saturated carbocycles. The number of hydrogen-bond acceptors (Lipinski definition) is 2. The summed E-state index contributed by atoms with van der Waals surface area (Å²) in [6, 6.07) is 25.9. The molecule has 2 atom stereocenters. The van der Waals surface area contributed by atoms with E-state index in [0.29, 0.717) is 0 Å². The van der Waals surface area contributed by atoms with Crippen molar-refractivity contribution in [3.63, 3.8) is 0 Å². The highest BCUT2D eigenvalue weighted by molar-refractivity contribution is 9.10. The van der Waals surface area contributed by atoms with Gasteiger partial charge in [0.2, 0.25) is 0 Å². The molecule has 0 amide bonds. The predicted molar refractivity (Wildman–Crippen MR) is 117 cm³/mol. The maximum atomic E-state index is 3.80. The van der Waals surface area contributed by atoms with E-state index in [0.717, 1.165) is 26.7 Å². The number of benzene rings is 3. The zero-order valence-corrected chi connectivity index (χ0v) is 17.6. The molecule has 0 aromatic heterocycles. The maximum absolute atomic E-state index is 3.80. The first kappa shape index (κ1) is 17.6. The Balaban J connectivity index is 1.79. The first-order valence-electron chi connectivity index (χ1n) is 8.69. The first-order chi connectivity index (χ1) is 12.5. The van der Waals surface area contributed by atoms with E-state index in [2.05, 4.69) is 122 Å². The van der Waals surface area contributed by atoms with Crippen molar-refractivity contribution in [1.82, 2.24) is 0 Å². The summed E-state index contributed by atoms with van der Waals surface area (Å²) >= 11 is 7.09. The standard InChI is InChI=1S/C22H20Br2N2/c1-22(16-8-12-18(24)13-9-16)14-21(15-6-10-17(23)11-7-15)25-19-4-2-3-5-20(19)26-22/h2-13,21,25-26H,14H2,1H3/t21-,22+/m0/s1. The van der Waals surface area contributed by atoms with Crippen LogP contribution >= 0.6 is 31.9 Å². The highest BCUT2D eigenvalue weighted by Crippen LogP contribution is 2.42. The molecule has 0 bridgehead atoms. The van der Waals surface area contributed by atoms with Crippen molar-refractivity contribution in [3.05, 3.63) is 92.9 Å². The van der Waals surface area contributed by atoms with Crippen molar-refractivity contribution >= 4 is 43.2 Å². The molecule has 1 aliphatic rings.